The Balaban J connectivity index is 2.57. The van der Waals surface area contributed by atoms with Gasteiger partial charge >= 0.3 is 0 Å². The van der Waals surface area contributed by atoms with Gasteiger partial charge in [-0.15, -0.1) is 0 Å². The molecule has 1 aromatic carbocycles. The van der Waals surface area contributed by atoms with E-state index in [9.17, 15) is 5.21 Å². The van der Waals surface area contributed by atoms with Crippen molar-refractivity contribution in [2.24, 2.45) is 0 Å². The van der Waals surface area contributed by atoms with Gasteiger partial charge in [0.15, 0.2) is 3.70 Å². The lowest BCUT2D eigenvalue weighted by Crippen LogP contribution is -2.97. The number of hydrogen-bond donors (Lipinski definition) is 1. The number of fused-ring (bicyclic) bond motifs is 1. The van der Waals surface area contributed by atoms with E-state index >= 15 is 0 Å². The highest BCUT2D eigenvalue weighted by Crippen LogP contribution is 2.23. The van der Waals surface area contributed by atoms with Crippen molar-refractivity contribution in [3.8, 4) is 6.07 Å². The Hall–Kier alpha value is -0.900. The molecule has 3 nitrogen and oxygen atoms in total. The third-order valence-electron chi connectivity index (χ3n) is 1.92. The van der Waals surface area contributed by atoms with Crippen LogP contribution in [0, 0.1) is 16.5 Å². The van der Waals surface area contributed by atoms with Crippen molar-refractivity contribution in [3.05, 3.63) is 38.2 Å². The molecule has 2 rings (SSSR count). The van der Waals surface area contributed by atoms with Crippen LogP contribution in [0.4, 0.5) is 5.69 Å². The standard InChI is InChI=1S/C9H5IN2O/c10-9-4-7-3-6(5-11)1-2-8(7)12(9)13/h1-4,12H. The zero-order valence-electron chi connectivity index (χ0n) is 6.54. The van der Waals surface area contributed by atoms with E-state index in [1.165, 1.54) is 0 Å². The van der Waals surface area contributed by atoms with Gasteiger partial charge in [0.1, 0.15) is 5.69 Å². The maximum Gasteiger partial charge on any atom is 0.173 e. The lowest BCUT2D eigenvalue weighted by molar-refractivity contribution is -0.713. The highest BCUT2D eigenvalue weighted by atomic mass is 127. The molecule has 64 valence electrons. The van der Waals surface area contributed by atoms with E-state index in [1.54, 1.807) is 24.3 Å². The van der Waals surface area contributed by atoms with Crippen LogP contribution in [0.5, 0.6) is 0 Å². The quantitative estimate of drug-likeness (QED) is 0.444. The summed E-state index contributed by atoms with van der Waals surface area (Å²) in [7, 11) is 0. The number of quaternary nitrogens is 1. The van der Waals surface area contributed by atoms with Gasteiger partial charge in [0.2, 0.25) is 0 Å². The van der Waals surface area contributed by atoms with Gasteiger partial charge in [0, 0.05) is 40.3 Å². The number of nitrogens with zero attached hydrogens (tertiary/aromatic N) is 1. The molecule has 0 radical (unpaired) electrons. The first kappa shape index (κ1) is 8.69. The summed E-state index contributed by atoms with van der Waals surface area (Å²) < 4.78 is 0.711. The normalized spacial score (nSPS) is 19.2. The van der Waals surface area contributed by atoms with Crippen molar-refractivity contribution >= 4 is 34.4 Å². The Morgan fingerprint density at radius 2 is 2.23 bits per heavy atom. The molecular formula is C9H5IN2O. The molecule has 1 aromatic rings. The van der Waals surface area contributed by atoms with E-state index in [0.29, 0.717) is 15.0 Å². The van der Waals surface area contributed by atoms with Crippen molar-refractivity contribution in [2.45, 2.75) is 0 Å². The molecule has 0 bridgehead atoms. The topological polar surface area (TPSA) is 51.3 Å². The molecular weight excluding hydrogens is 279 g/mol. The summed E-state index contributed by atoms with van der Waals surface area (Å²) in [6.45, 7) is 0. The maximum atomic E-state index is 11.4. The van der Waals surface area contributed by atoms with E-state index in [-0.39, 0.29) is 5.06 Å². The number of nitriles is 1. The van der Waals surface area contributed by atoms with Gasteiger partial charge in [0.25, 0.3) is 0 Å². The summed E-state index contributed by atoms with van der Waals surface area (Å²) in [6.07, 6.45) is 1.80. The van der Waals surface area contributed by atoms with Crippen LogP contribution in [0.2, 0.25) is 0 Å². The highest BCUT2D eigenvalue weighted by Gasteiger charge is 2.19. The van der Waals surface area contributed by atoms with E-state index in [1.807, 2.05) is 28.7 Å². The lowest BCUT2D eigenvalue weighted by Gasteiger charge is -2.15. The van der Waals surface area contributed by atoms with Gasteiger partial charge in [0.05, 0.1) is 11.6 Å². The molecule has 1 heterocycles. The van der Waals surface area contributed by atoms with Crippen molar-refractivity contribution < 1.29 is 5.06 Å². The largest absolute Gasteiger partial charge is 0.623 e. The van der Waals surface area contributed by atoms with Crippen LogP contribution in [0.15, 0.2) is 21.9 Å². The second kappa shape index (κ2) is 3.10. The average molecular weight is 284 g/mol. The molecule has 0 spiro atoms. The first-order valence-electron chi connectivity index (χ1n) is 3.68. The van der Waals surface area contributed by atoms with E-state index < -0.39 is 0 Å². The van der Waals surface area contributed by atoms with Crippen LogP contribution in [0.3, 0.4) is 0 Å². The zero-order valence-corrected chi connectivity index (χ0v) is 8.70. The predicted molar refractivity (Wildman–Crippen MR) is 57.1 cm³/mol. The Labute approximate surface area is 89.0 Å². The molecule has 0 aromatic heterocycles. The van der Waals surface area contributed by atoms with Crippen molar-refractivity contribution in [3.63, 3.8) is 0 Å². The van der Waals surface area contributed by atoms with Crippen LogP contribution >= 0.6 is 22.6 Å². The number of nitrogens with one attached hydrogen (secondary N) is 1. The van der Waals surface area contributed by atoms with Gasteiger partial charge in [-0.2, -0.15) is 5.26 Å². The SMILES string of the molecule is N#Cc1ccc2c(c1)C=C(I)[NH+]2[O-]. The van der Waals surface area contributed by atoms with Crippen molar-refractivity contribution in [1.82, 2.24) is 0 Å². The maximum absolute atomic E-state index is 11.4. The van der Waals surface area contributed by atoms with E-state index in [0.717, 1.165) is 5.56 Å². The monoisotopic (exact) mass is 284 g/mol. The molecule has 1 N–H and O–H groups in total. The minimum absolute atomic E-state index is 0.0556. The number of hydroxylamine groups is 1. The second-order valence-corrected chi connectivity index (χ2v) is 3.90. The highest BCUT2D eigenvalue weighted by molar-refractivity contribution is 14.1. The van der Waals surface area contributed by atoms with E-state index in [2.05, 4.69) is 0 Å². The fourth-order valence-corrected chi connectivity index (χ4v) is 1.92. The van der Waals surface area contributed by atoms with Gasteiger partial charge in [-0.05, 0) is 12.1 Å². The first-order valence-corrected chi connectivity index (χ1v) is 4.76. The molecule has 1 aliphatic rings. The number of halogens is 1. The second-order valence-electron chi connectivity index (χ2n) is 2.74. The molecule has 0 saturated heterocycles. The number of benzene rings is 1. The van der Waals surface area contributed by atoms with Crippen LogP contribution in [-0.2, 0) is 0 Å². The third kappa shape index (κ3) is 1.35. The molecule has 0 saturated carbocycles. The fourth-order valence-electron chi connectivity index (χ4n) is 1.29. The Bertz CT molecular complexity index is 434. The van der Waals surface area contributed by atoms with E-state index in [4.69, 9.17) is 5.26 Å². The van der Waals surface area contributed by atoms with Gasteiger partial charge in [-0.3, -0.25) is 0 Å². The van der Waals surface area contributed by atoms with Gasteiger partial charge < -0.3 is 10.3 Å². The average Bonchev–Trinajstić information content (AvgIpc) is 2.42. The number of rotatable bonds is 0. The molecule has 1 atom stereocenters. The molecule has 1 aliphatic heterocycles. The summed E-state index contributed by atoms with van der Waals surface area (Å²) in [6, 6.07) is 7.15. The summed E-state index contributed by atoms with van der Waals surface area (Å²) in [5.74, 6) is 0. The minimum Gasteiger partial charge on any atom is -0.623 e. The van der Waals surface area contributed by atoms with Crippen LogP contribution in [0.1, 0.15) is 11.1 Å². The van der Waals surface area contributed by atoms with Crippen molar-refractivity contribution in [1.29, 1.82) is 5.26 Å². The molecule has 1 unspecified atom stereocenters. The minimum atomic E-state index is 0.0556. The van der Waals surface area contributed by atoms with Gasteiger partial charge in [-0.25, -0.2) is 0 Å². The Morgan fingerprint density at radius 3 is 2.92 bits per heavy atom. The molecule has 0 fully saturated rings. The van der Waals surface area contributed by atoms with Crippen LogP contribution in [-0.4, -0.2) is 0 Å². The summed E-state index contributed by atoms with van der Waals surface area (Å²) >= 11 is 2.01. The summed E-state index contributed by atoms with van der Waals surface area (Å²) in [5.41, 5.74) is 2.14. The summed E-state index contributed by atoms with van der Waals surface area (Å²) in [5, 5.41) is 20.1. The van der Waals surface area contributed by atoms with Crippen molar-refractivity contribution in [2.75, 3.05) is 0 Å². The number of hydrogen-bond acceptors (Lipinski definition) is 2. The molecule has 0 aliphatic carbocycles. The lowest BCUT2D eigenvalue weighted by atomic mass is 10.1. The summed E-state index contributed by atoms with van der Waals surface area (Å²) in [4.78, 5) is 0. The smallest absolute Gasteiger partial charge is 0.173 e. The van der Waals surface area contributed by atoms with Crippen LogP contribution in [0.25, 0.3) is 6.08 Å². The molecule has 4 heteroatoms. The Kier molecular flexibility index (Phi) is 2.07. The Morgan fingerprint density at radius 1 is 1.46 bits per heavy atom. The predicted octanol–water partition coefficient (Wildman–Crippen LogP) is 1.32. The zero-order chi connectivity index (χ0) is 9.42. The fraction of sp³-hybridized carbons (Fsp3) is 0. The molecule has 13 heavy (non-hydrogen) atoms. The van der Waals surface area contributed by atoms with Gasteiger partial charge in [-0.1, -0.05) is 0 Å². The van der Waals surface area contributed by atoms with Crippen LogP contribution < -0.4 is 5.06 Å². The first-order chi connectivity index (χ1) is 6.22. The third-order valence-corrected chi connectivity index (χ3v) is 2.73. The molecule has 0 amide bonds.